The highest BCUT2D eigenvalue weighted by Crippen LogP contribution is 2.18. The number of hydrogen-bond acceptors (Lipinski definition) is 3. The first kappa shape index (κ1) is 19.6. The molecule has 0 saturated heterocycles. The molecule has 1 N–H and O–H groups in total. The molecule has 0 aromatic carbocycles. The summed E-state index contributed by atoms with van der Waals surface area (Å²) in [6.07, 6.45) is 2.34. The second kappa shape index (κ2) is 8.80. The summed E-state index contributed by atoms with van der Waals surface area (Å²) in [6.45, 7) is 11.5. The molecule has 118 valence electrons. The second-order valence-electron chi connectivity index (χ2n) is 5.55. The Morgan fingerprint density at radius 1 is 1.40 bits per heavy atom. The standard InChI is InChI=1S/C14H26ClNO3S/c1-7-12(16-20(18)14(4,5)6)11(15)9-10(3)13(17)19-8-2/h9-10,12,16H,7-8H2,1-6H3/b11-9+/t10-,12+,20?/m1/s1. The zero-order valence-electron chi connectivity index (χ0n) is 13.2. The van der Waals surface area contributed by atoms with Gasteiger partial charge in [-0.25, -0.2) is 8.93 Å². The van der Waals surface area contributed by atoms with Crippen LogP contribution in [-0.2, 0) is 20.5 Å². The van der Waals surface area contributed by atoms with Crippen LogP contribution in [0.4, 0.5) is 0 Å². The maximum atomic E-state index is 12.1. The Hall–Kier alpha value is -0.390. The van der Waals surface area contributed by atoms with Gasteiger partial charge in [-0.2, -0.15) is 0 Å². The molecule has 0 amide bonds. The fraction of sp³-hybridized carbons (Fsp3) is 0.786. The maximum absolute atomic E-state index is 12.1. The van der Waals surface area contributed by atoms with Crippen molar-refractivity contribution in [3.8, 4) is 0 Å². The van der Waals surface area contributed by atoms with E-state index in [1.807, 2.05) is 27.7 Å². The van der Waals surface area contributed by atoms with Crippen LogP contribution < -0.4 is 4.72 Å². The normalized spacial score (nSPS) is 17.4. The molecule has 0 bridgehead atoms. The van der Waals surface area contributed by atoms with Crippen molar-refractivity contribution >= 4 is 28.6 Å². The molecule has 6 heteroatoms. The molecule has 0 saturated carbocycles. The third-order valence-electron chi connectivity index (χ3n) is 2.61. The van der Waals surface area contributed by atoms with Crippen molar-refractivity contribution in [3.05, 3.63) is 11.1 Å². The lowest BCUT2D eigenvalue weighted by molar-refractivity contribution is -0.145. The lowest BCUT2D eigenvalue weighted by Crippen LogP contribution is -2.40. The van der Waals surface area contributed by atoms with Crippen LogP contribution >= 0.6 is 11.6 Å². The average molecular weight is 324 g/mol. The topological polar surface area (TPSA) is 55.4 Å². The summed E-state index contributed by atoms with van der Waals surface area (Å²) >= 11 is 6.24. The van der Waals surface area contributed by atoms with Crippen molar-refractivity contribution in [2.24, 2.45) is 5.92 Å². The number of halogens is 1. The largest absolute Gasteiger partial charge is 0.466 e. The Kier molecular flexibility index (Phi) is 8.63. The quantitative estimate of drug-likeness (QED) is 0.732. The Bertz CT molecular complexity index is 377. The molecule has 0 aliphatic carbocycles. The average Bonchev–Trinajstić information content (AvgIpc) is 2.34. The lowest BCUT2D eigenvalue weighted by Gasteiger charge is -2.23. The van der Waals surface area contributed by atoms with Crippen molar-refractivity contribution in [2.75, 3.05) is 6.61 Å². The number of nitrogens with one attached hydrogen (secondary N) is 1. The van der Waals surface area contributed by atoms with Gasteiger partial charge >= 0.3 is 5.97 Å². The maximum Gasteiger partial charge on any atom is 0.312 e. The molecule has 0 rings (SSSR count). The molecule has 4 nitrogen and oxygen atoms in total. The fourth-order valence-corrected chi connectivity index (χ4v) is 2.71. The zero-order chi connectivity index (χ0) is 15.9. The van der Waals surface area contributed by atoms with E-state index in [-0.39, 0.29) is 16.8 Å². The summed E-state index contributed by atoms with van der Waals surface area (Å²) in [5.41, 5.74) is 0. The van der Waals surface area contributed by atoms with Gasteiger partial charge < -0.3 is 4.74 Å². The van der Waals surface area contributed by atoms with Crippen LogP contribution in [0.15, 0.2) is 11.1 Å². The first-order chi connectivity index (χ1) is 9.13. The first-order valence-electron chi connectivity index (χ1n) is 6.85. The minimum Gasteiger partial charge on any atom is -0.466 e. The Balaban J connectivity index is 4.81. The number of ether oxygens (including phenoxy) is 1. The molecular weight excluding hydrogens is 298 g/mol. The van der Waals surface area contributed by atoms with Crippen molar-refractivity contribution in [3.63, 3.8) is 0 Å². The third-order valence-corrected chi connectivity index (χ3v) is 4.61. The van der Waals surface area contributed by atoms with E-state index in [1.54, 1.807) is 19.9 Å². The predicted molar refractivity (Wildman–Crippen MR) is 84.8 cm³/mol. The van der Waals surface area contributed by atoms with Crippen molar-refractivity contribution < 1.29 is 13.7 Å². The minimum absolute atomic E-state index is 0.228. The van der Waals surface area contributed by atoms with Gasteiger partial charge in [0.1, 0.15) is 0 Å². The molecule has 20 heavy (non-hydrogen) atoms. The van der Waals surface area contributed by atoms with Crippen LogP contribution in [0.3, 0.4) is 0 Å². The fourth-order valence-electron chi connectivity index (χ4n) is 1.34. The molecule has 0 spiro atoms. The molecule has 1 unspecified atom stereocenters. The molecule has 0 aromatic heterocycles. The van der Waals surface area contributed by atoms with Gasteiger partial charge in [-0.1, -0.05) is 24.6 Å². The van der Waals surface area contributed by atoms with E-state index >= 15 is 0 Å². The van der Waals surface area contributed by atoms with E-state index in [0.717, 1.165) is 0 Å². The molecule has 0 aliphatic heterocycles. The van der Waals surface area contributed by atoms with Gasteiger partial charge in [0.15, 0.2) is 0 Å². The Morgan fingerprint density at radius 2 is 1.95 bits per heavy atom. The molecule has 0 fully saturated rings. The van der Waals surface area contributed by atoms with Crippen LogP contribution in [-0.4, -0.2) is 27.6 Å². The molecule has 3 atom stereocenters. The van der Waals surface area contributed by atoms with Gasteiger partial charge in [0.25, 0.3) is 0 Å². The predicted octanol–water partition coefficient (Wildman–Crippen LogP) is 3.14. The highest BCUT2D eigenvalue weighted by molar-refractivity contribution is 7.84. The van der Waals surface area contributed by atoms with E-state index in [9.17, 15) is 9.00 Å². The van der Waals surface area contributed by atoms with Gasteiger partial charge in [0, 0.05) is 5.03 Å². The summed E-state index contributed by atoms with van der Waals surface area (Å²) in [4.78, 5) is 11.6. The monoisotopic (exact) mass is 323 g/mol. The number of carbonyl (C=O) groups excluding carboxylic acids is 1. The highest BCUT2D eigenvalue weighted by Gasteiger charge is 2.24. The van der Waals surface area contributed by atoms with Gasteiger partial charge in [-0.05, 0) is 41.0 Å². The van der Waals surface area contributed by atoms with E-state index in [0.29, 0.717) is 18.1 Å². The molecule has 0 aliphatic rings. The molecule has 0 aromatic rings. The summed E-state index contributed by atoms with van der Waals surface area (Å²) in [6, 6.07) is -0.228. The van der Waals surface area contributed by atoms with E-state index < -0.39 is 16.9 Å². The van der Waals surface area contributed by atoms with Crippen molar-refractivity contribution in [1.29, 1.82) is 0 Å². The lowest BCUT2D eigenvalue weighted by atomic mass is 10.1. The summed E-state index contributed by atoms with van der Waals surface area (Å²) in [5.74, 6) is -0.723. The van der Waals surface area contributed by atoms with E-state index in [1.165, 1.54) is 0 Å². The number of carbonyl (C=O) groups is 1. The van der Waals surface area contributed by atoms with Gasteiger partial charge in [-0.3, -0.25) is 4.79 Å². The minimum atomic E-state index is -1.21. The summed E-state index contributed by atoms with van der Waals surface area (Å²) < 4.78 is 19.7. The number of rotatable bonds is 7. The third kappa shape index (κ3) is 6.86. The highest BCUT2D eigenvalue weighted by atomic mass is 35.5. The first-order valence-corrected chi connectivity index (χ1v) is 8.38. The van der Waals surface area contributed by atoms with Crippen molar-refractivity contribution in [2.45, 2.75) is 58.8 Å². The zero-order valence-corrected chi connectivity index (χ0v) is 14.7. The van der Waals surface area contributed by atoms with Crippen molar-refractivity contribution in [1.82, 2.24) is 4.72 Å². The van der Waals surface area contributed by atoms with Crippen LogP contribution in [0.1, 0.15) is 48.0 Å². The van der Waals surface area contributed by atoms with Crippen LogP contribution in [0, 0.1) is 5.92 Å². The van der Waals surface area contributed by atoms with Crippen LogP contribution in [0.5, 0.6) is 0 Å². The Morgan fingerprint density at radius 3 is 2.35 bits per heavy atom. The number of hydrogen-bond donors (Lipinski definition) is 1. The molecule has 0 heterocycles. The van der Waals surface area contributed by atoms with Gasteiger partial charge in [0.2, 0.25) is 0 Å². The number of esters is 1. The van der Waals surface area contributed by atoms with Gasteiger partial charge in [-0.15, -0.1) is 0 Å². The van der Waals surface area contributed by atoms with Crippen LogP contribution in [0.2, 0.25) is 0 Å². The van der Waals surface area contributed by atoms with Crippen LogP contribution in [0.25, 0.3) is 0 Å². The SMILES string of the molecule is CCOC(=O)[C@H](C)/C=C(/Cl)[C@H](CC)NS(=O)C(C)(C)C. The summed E-state index contributed by atoms with van der Waals surface area (Å²) in [5, 5.41) is 0.491. The van der Waals surface area contributed by atoms with E-state index in [2.05, 4.69) is 4.72 Å². The second-order valence-corrected chi connectivity index (χ2v) is 7.99. The smallest absolute Gasteiger partial charge is 0.312 e. The van der Waals surface area contributed by atoms with E-state index in [4.69, 9.17) is 16.3 Å². The molecule has 0 radical (unpaired) electrons. The summed E-state index contributed by atoms with van der Waals surface area (Å²) in [7, 11) is -1.21. The van der Waals surface area contributed by atoms with Gasteiger partial charge in [0.05, 0.1) is 34.3 Å². The Labute approximate surface area is 129 Å². The molecular formula is C14H26ClNO3S.